The van der Waals surface area contributed by atoms with Crippen molar-refractivity contribution in [3.8, 4) is 0 Å². The normalized spacial score (nSPS) is 21.7. The van der Waals surface area contributed by atoms with Gasteiger partial charge in [-0.05, 0) is 32.6 Å². The third-order valence-electron chi connectivity index (χ3n) is 3.55. The van der Waals surface area contributed by atoms with Gasteiger partial charge in [-0.3, -0.25) is 0 Å². The Bertz CT molecular complexity index is 224. The third kappa shape index (κ3) is 5.73. The molecule has 0 aromatic heterocycles. The second-order valence-electron chi connectivity index (χ2n) is 5.36. The minimum Gasteiger partial charge on any atom is -0.329 e. The van der Waals surface area contributed by atoms with E-state index in [1.807, 2.05) is 6.92 Å². The summed E-state index contributed by atoms with van der Waals surface area (Å²) in [7, 11) is 0. The summed E-state index contributed by atoms with van der Waals surface area (Å²) < 4.78 is 36.3. The Hall–Kier alpha value is -0.290. The van der Waals surface area contributed by atoms with Crippen molar-refractivity contribution in [2.24, 2.45) is 5.73 Å². The van der Waals surface area contributed by atoms with Crippen molar-refractivity contribution in [1.82, 2.24) is 5.32 Å². The summed E-state index contributed by atoms with van der Waals surface area (Å²) >= 11 is 0. The molecule has 102 valence electrons. The summed E-state index contributed by atoms with van der Waals surface area (Å²) in [6.07, 6.45) is 0.527. The second-order valence-corrected chi connectivity index (χ2v) is 5.36. The van der Waals surface area contributed by atoms with Crippen LogP contribution in [0.1, 0.15) is 51.9 Å². The highest BCUT2D eigenvalue weighted by Gasteiger charge is 2.31. The van der Waals surface area contributed by atoms with Gasteiger partial charge in [-0.15, -0.1) is 0 Å². The molecule has 0 aromatic carbocycles. The van der Waals surface area contributed by atoms with Gasteiger partial charge in [0, 0.05) is 24.5 Å². The lowest BCUT2D eigenvalue weighted by Gasteiger charge is -2.33. The third-order valence-corrected chi connectivity index (χ3v) is 3.55. The van der Waals surface area contributed by atoms with Crippen molar-refractivity contribution >= 4 is 0 Å². The van der Waals surface area contributed by atoms with E-state index in [0.29, 0.717) is 19.0 Å². The maximum absolute atomic E-state index is 12.1. The lowest BCUT2D eigenvalue weighted by atomic mass is 9.93. The summed E-state index contributed by atoms with van der Waals surface area (Å²) in [5, 5.41) is 3.44. The molecule has 17 heavy (non-hydrogen) atoms. The molecule has 1 unspecified atom stereocenters. The van der Waals surface area contributed by atoms with Crippen molar-refractivity contribution < 1.29 is 13.2 Å². The summed E-state index contributed by atoms with van der Waals surface area (Å²) in [6, 6.07) is 0.439. The van der Waals surface area contributed by atoms with Crippen LogP contribution in [0.2, 0.25) is 0 Å². The van der Waals surface area contributed by atoms with Crippen LogP contribution in [0.15, 0.2) is 0 Å². The van der Waals surface area contributed by atoms with Gasteiger partial charge in [0.2, 0.25) is 0 Å². The molecule has 1 rings (SSSR count). The van der Waals surface area contributed by atoms with E-state index in [9.17, 15) is 13.2 Å². The van der Waals surface area contributed by atoms with Gasteiger partial charge in [-0.25, -0.2) is 0 Å². The second kappa shape index (κ2) is 6.05. The van der Waals surface area contributed by atoms with Crippen molar-refractivity contribution in [2.75, 3.05) is 6.54 Å². The lowest BCUT2D eigenvalue weighted by molar-refractivity contribution is -0.136. The Labute approximate surface area is 101 Å². The molecule has 2 nitrogen and oxygen atoms in total. The predicted molar refractivity (Wildman–Crippen MR) is 62.8 cm³/mol. The number of alkyl halides is 3. The number of halogens is 3. The predicted octanol–water partition coefficient (Wildman–Crippen LogP) is 2.97. The van der Waals surface area contributed by atoms with E-state index in [-0.39, 0.29) is 12.0 Å². The number of hydrogen-bond donors (Lipinski definition) is 2. The average Bonchev–Trinajstić information content (AvgIpc) is 2.68. The van der Waals surface area contributed by atoms with Gasteiger partial charge >= 0.3 is 6.18 Å². The molecule has 0 amide bonds. The highest BCUT2D eigenvalue weighted by Crippen LogP contribution is 2.26. The molecule has 1 aliphatic carbocycles. The molecule has 3 N–H and O–H groups in total. The van der Waals surface area contributed by atoms with Gasteiger partial charge < -0.3 is 11.1 Å². The maximum atomic E-state index is 12.1. The highest BCUT2D eigenvalue weighted by molar-refractivity contribution is 4.89. The zero-order chi connectivity index (χ0) is 12.9. The van der Waals surface area contributed by atoms with Crippen molar-refractivity contribution in [3.05, 3.63) is 0 Å². The SMILES string of the molecule is CC(CN)(CCCC(F)(F)F)NC1CCCC1. The first-order valence-electron chi connectivity index (χ1n) is 6.39. The van der Waals surface area contributed by atoms with Gasteiger partial charge in [-0.2, -0.15) is 13.2 Å². The Kier molecular flexibility index (Phi) is 5.25. The zero-order valence-electron chi connectivity index (χ0n) is 10.4. The van der Waals surface area contributed by atoms with Crippen LogP contribution < -0.4 is 11.1 Å². The Balaban J connectivity index is 2.33. The Morgan fingerprint density at radius 3 is 2.24 bits per heavy atom. The van der Waals surface area contributed by atoms with Crippen LogP contribution in [0.3, 0.4) is 0 Å². The Morgan fingerprint density at radius 1 is 1.18 bits per heavy atom. The summed E-state index contributed by atoms with van der Waals surface area (Å²) in [5.74, 6) is 0. The maximum Gasteiger partial charge on any atom is 0.389 e. The number of nitrogens with two attached hydrogens (primary N) is 1. The van der Waals surface area contributed by atoms with E-state index >= 15 is 0 Å². The quantitative estimate of drug-likeness (QED) is 0.762. The molecule has 1 fully saturated rings. The molecule has 1 saturated carbocycles. The molecular formula is C12H23F3N2. The van der Waals surface area contributed by atoms with E-state index in [4.69, 9.17) is 5.73 Å². The van der Waals surface area contributed by atoms with Gasteiger partial charge in [-0.1, -0.05) is 12.8 Å². The van der Waals surface area contributed by atoms with Crippen molar-refractivity contribution in [2.45, 2.75) is 69.6 Å². The molecule has 0 heterocycles. The molecule has 1 aliphatic rings. The Morgan fingerprint density at radius 2 is 1.76 bits per heavy atom. The summed E-state index contributed by atoms with van der Waals surface area (Å²) in [5.41, 5.74) is 5.34. The lowest BCUT2D eigenvalue weighted by Crippen LogP contribution is -2.52. The van der Waals surface area contributed by atoms with E-state index < -0.39 is 12.6 Å². The first-order valence-corrected chi connectivity index (χ1v) is 6.39. The number of hydrogen-bond acceptors (Lipinski definition) is 2. The first kappa shape index (κ1) is 14.8. The molecule has 0 spiro atoms. The highest BCUT2D eigenvalue weighted by atomic mass is 19.4. The van der Waals surface area contributed by atoms with E-state index in [2.05, 4.69) is 5.32 Å². The smallest absolute Gasteiger partial charge is 0.329 e. The largest absolute Gasteiger partial charge is 0.389 e. The van der Waals surface area contributed by atoms with Crippen LogP contribution in [-0.2, 0) is 0 Å². The first-order chi connectivity index (χ1) is 7.85. The molecule has 5 heteroatoms. The van der Waals surface area contributed by atoms with Gasteiger partial charge in [0.25, 0.3) is 0 Å². The molecule has 0 aliphatic heterocycles. The molecule has 0 bridgehead atoms. The monoisotopic (exact) mass is 252 g/mol. The standard InChI is InChI=1S/C12H23F3N2/c1-11(9-16,7-4-8-12(13,14)15)17-10-5-2-3-6-10/h10,17H,2-9,16H2,1H3. The fourth-order valence-corrected chi connectivity index (χ4v) is 2.48. The minimum atomic E-state index is -4.05. The van der Waals surface area contributed by atoms with Crippen LogP contribution in [-0.4, -0.2) is 24.3 Å². The summed E-state index contributed by atoms with van der Waals surface area (Å²) in [6.45, 7) is 2.32. The average molecular weight is 252 g/mol. The van der Waals surface area contributed by atoms with Crippen molar-refractivity contribution in [3.63, 3.8) is 0 Å². The van der Waals surface area contributed by atoms with Crippen LogP contribution in [0.25, 0.3) is 0 Å². The number of nitrogens with one attached hydrogen (secondary N) is 1. The molecule has 0 aromatic rings. The van der Waals surface area contributed by atoms with Crippen LogP contribution >= 0.6 is 0 Å². The van der Waals surface area contributed by atoms with Crippen LogP contribution in [0.4, 0.5) is 13.2 Å². The van der Waals surface area contributed by atoms with E-state index in [1.165, 1.54) is 12.8 Å². The van der Waals surface area contributed by atoms with E-state index in [0.717, 1.165) is 12.8 Å². The molecule has 0 saturated heterocycles. The summed E-state index contributed by atoms with van der Waals surface area (Å²) in [4.78, 5) is 0. The van der Waals surface area contributed by atoms with Crippen LogP contribution in [0, 0.1) is 0 Å². The van der Waals surface area contributed by atoms with Crippen molar-refractivity contribution in [1.29, 1.82) is 0 Å². The molecular weight excluding hydrogens is 229 g/mol. The van der Waals surface area contributed by atoms with Crippen LogP contribution in [0.5, 0.6) is 0 Å². The fourth-order valence-electron chi connectivity index (χ4n) is 2.48. The fraction of sp³-hybridized carbons (Fsp3) is 1.00. The zero-order valence-corrected chi connectivity index (χ0v) is 10.4. The van der Waals surface area contributed by atoms with Gasteiger partial charge in [0.15, 0.2) is 0 Å². The topological polar surface area (TPSA) is 38.0 Å². The number of rotatable bonds is 6. The van der Waals surface area contributed by atoms with E-state index in [1.54, 1.807) is 0 Å². The minimum absolute atomic E-state index is 0.150. The molecule has 0 radical (unpaired) electrons. The molecule has 1 atom stereocenters. The van der Waals surface area contributed by atoms with Gasteiger partial charge in [0.05, 0.1) is 0 Å². The van der Waals surface area contributed by atoms with Gasteiger partial charge in [0.1, 0.15) is 0 Å².